The van der Waals surface area contributed by atoms with E-state index in [0.717, 1.165) is 5.56 Å². The number of rotatable bonds is 2. The van der Waals surface area contributed by atoms with Crippen LogP contribution in [0.5, 0.6) is 0 Å². The normalized spacial score (nSPS) is 23.2. The summed E-state index contributed by atoms with van der Waals surface area (Å²) in [5.41, 5.74) is 0.812. The molecule has 0 amide bonds. The molecule has 2 unspecified atom stereocenters. The summed E-state index contributed by atoms with van der Waals surface area (Å²) in [5, 5.41) is 13.3. The van der Waals surface area contributed by atoms with Crippen LogP contribution >= 0.6 is 35.6 Å². The van der Waals surface area contributed by atoms with E-state index in [1.807, 2.05) is 0 Å². The molecule has 6 heteroatoms. The number of nitrogens with one attached hydrogen (secondary N) is 1. The first-order valence-electron chi connectivity index (χ1n) is 4.98. The number of halogens is 3. The van der Waals surface area contributed by atoms with Crippen molar-refractivity contribution in [1.82, 2.24) is 5.32 Å². The maximum Gasteiger partial charge on any atom is 0.308 e. The molecule has 2 atom stereocenters. The number of aliphatic carboxylic acids is 1. The molecule has 1 heterocycles. The Morgan fingerprint density at radius 1 is 1.35 bits per heavy atom. The van der Waals surface area contributed by atoms with Crippen LogP contribution in [0.25, 0.3) is 0 Å². The molecule has 0 radical (unpaired) electrons. The molecule has 3 nitrogen and oxygen atoms in total. The molecule has 17 heavy (non-hydrogen) atoms. The fourth-order valence-corrected chi connectivity index (χ4v) is 2.50. The molecule has 0 bridgehead atoms. The van der Waals surface area contributed by atoms with Gasteiger partial charge in [0.05, 0.1) is 5.92 Å². The van der Waals surface area contributed by atoms with Crippen LogP contribution in [0.1, 0.15) is 11.5 Å². The summed E-state index contributed by atoms with van der Waals surface area (Å²) in [4.78, 5) is 11.1. The van der Waals surface area contributed by atoms with Crippen LogP contribution in [0.15, 0.2) is 18.2 Å². The van der Waals surface area contributed by atoms with Crippen molar-refractivity contribution in [2.45, 2.75) is 5.92 Å². The van der Waals surface area contributed by atoms with Gasteiger partial charge in [0.15, 0.2) is 0 Å². The summed E-state index contributed by atoms with van der Waals surface area (Å²) < 4.78 is 0. The second-order valence-electron chi connectivity index (χ2n) is 3.88. The maximum atomic E-state index is 11.1. The molecular formula is C11H12Cl3NO2. The number of hydrogen-bond acceptors (Lipinski definition) is 2. The van der Waals surface area contributed by atoms with Gasteiger partial charge in [-0.1, -0.05) is 23.2 Å². The van der Waals surface area contributed by atoms with Crippen molar-refractivity contribution in [1.29, 1.82) is 0 Å². The molecule has 0 aromatic heterocycles. The lowest BCUT2D eigenvalue weighted by molar-refractivity contribution is -0.141. The minimum atomic E-state index is -0.800. The highest BCUT2D eigenvalue weighted by atomic mass is 35.5. The zero-order valence-electron chi connectivity index (χ0n) is 8.82. The SMILES string of the molecule is Cl.O=C(O)C1CNCC1c1cc(Cl)ccc1Cl. The number of carboxylic acids is 1. The summed E-state index contributed by atoms with van der Waals surface area (Å²) in [6.45, 7) is 1.10. The van der Waals surface area contributed by atoms with E-state index in [1.54, 1.807) is 18.2 Å². The van der Waals surface area contributed by atoms with Gasteiger partial charge in [0, 0.05) is 29.1 Å². The smallest absolute Gasteiger partial charge is 0.308 e. The Balaban J connectivity index is 0.00000144. The number of benzene rings is 1. The maximum absolute atomic E-state index is 11.1. The van der Waals surface area contributed by atoms with Crippen molar-refractivity contribution in [3.63, 3.8) is 0 Å². The summed E-state index contributed by atoms with van der Waals surface area (Å²) in [5.74, 6) is -1.34. The fraction of sp³-hybridized carbons (Fsp3) is 0.364. The van der Waals surface area contributed by atoms with Gasteiger partial charge >= 0.3 is 5.97 Å². The first-order chi connectivity index (χ1) is 7.59. The van der Waals surface area contributed by atoms with Crippen LogP contribution < -0.4 is 5.32 Å². The molecule has 0 saturated carbocycles. The summed E-state index contributed by atoms with van der Waals surface area (Å²) >= 11 is 12.0. The van der Waals surface area contributed by atoms with Crippen LogP contribution in [0.3, 0.4) is 0 Å². The Morgan fingerprint density at radius 3 is 2.71 bits per heavy atom. The third-order valence-electron chi connectivity index (χ3n) is 2.89. The van der Waals surface area contributed by atoms with E-state index in [-0.39, 0.29) is 18.3 Å². The molecule has 2 N–H and O–H groups in total. The highest BCUT2D eigenvalue weighted by Gasteiger charge is 2.34. The van der Waals surface area contributed by atoms with Crippen LogP contribution in [-0.4, -0.2) is 24.2 Å². The van der Waals surface area contributed by atoms with E-state index in [1.165, 1.54) is 0 Å². The Hall–Kier alpha value is -0.480. The Labute approximate surface area is 116 Å². The Morgan fingerprint density at radius 2 is 2.06 bits per heavy atom. The standard InChI is InChI=1S/C11H11Cl2NO2.ClH/c12-6-1-2-10(13)7(3-6)8-4-14-5-9(8)11(15)16;/h1-3,8-9,14H,4-5H2,(H,15,16);1H. The van der Waals surface area contributed by atoms with Crippen LogP contribution in [0.2, 0.25) is 10.0 Å². The molecule has 1 fully saturated rings. The highest BCUT2D eigenvalue weighted by Crippen LogP contribution is 2.34. The van der Waals surface area contributed by atoms with Gasteiger partial charge in [-0.2, -0.15) is 0 Å². The number of hydrogen-bond donors (Lipinski definition) is 2. The fourth-order valence-electron chi connectivity index (χ4n) is 2.06. The quantitative estimate of drug-likeness (QED) is 0.882. The van der Waals surface area contributed by atoms with E-state index >= 15 is 0 Å². The van der Waals surface area contributed by atoms with E-state index in [4.69, 9.17) is 28.3 Å². The third kappa shape index (κ3) is 3.05. The average molecular weight is 297 g/mol. The van der Waals surface area contributed by atoms with Gasteiger partial charge in [-0.3, -0.25) is 4.79 Å². The van der Waals surface area contributed by atoms with E-state index in [0.29, 0.717) is 23.1 Å². The largest absolute Gasteiger partial charge is 0.481 e. The van der Waals surface area contributed by atoms with Crippen molar-refractivity contribution < 1.29 is 9.90 Å². The Kier molecular flexibility index (Phi) is 5.07. The van der Waals surface area contributed by atoms with E-state index in [9.17, 15) is 4.79 Å². The van der Waals surface area contributed by atoms with Gasteiger partial charge in [-0.05, 0) is 23.8 Å². The molecular weight excluding hydrogens is 284 g/mol. The lowest BCUT2D eigenvalue weighted by atomic mass is 9.89. The molecule has 1 aliphatic heterocycles. The van der Waals surface area contributed by atoms with Crippen LogP contribution in [-0.2, 0) is 4.79 Å². The molecule has 1 aromatic carbocycles. The molecule has 0 spiro atoms. The van der Waals surface area contributed by atoms with Crippen molar-refractivity contribution >= 4 is 41.6 Å². The van der Waals surface area contributed by atoms with Crippen LogP contribution in [0, 0.1) is 5.92 Å². The summed E-state index contributed by atoms with van der Waals surface area (Å²) in [7, 11) is 0. The van der Waals surface area contributed by atoms with Crippen LogP contribution in [0.4, 0.5) is 0 Å². The molecule has 1 aromatic rings. The second-order valence-corrected chi connectivity index (χ2v) is 4.72. The van der Waals surface area contributed by atoms with Gasteiger partial charge in [0.1, 0.15) is 0 Å². The topological polar surface area (TPSA) is 49.3 Å². The predicted octanol–water partition coefficient (Wildman–Crippen LogP) is 2.80. The Bertz CT molecular complexity index is 425. The number of carboxylic acid groups (broad SMARTS) is 1. The molecule has 94 valence electrons. The minimum Gasteiger partial charge on any atom is -0.481 e. The van der Waals surface area contributed by atoms with Gasteiger partial charge in [0.2, 0.25) is 0 Å². The summed E-state index contributed by atoms with van der Waals surface area (Å²) in [6.07, 6.45) is 0. The van der Waals surface area contributed by atoms with Gasteiger partial charge in [-0.25, -0.2) is 0 Å². The summed E-state index contributed by atoms with van der Waals surface area (Å²) in [6, 6.07) is 5.15. The monoisotopic (exact) mass is 295 g/mol. The van der Waals surface area contributed by atoms with E-state index < -0.39 is 11.9 Å². The third-order valence-corrected chi connectivity index (χ3v) is 3.47. The lowest BCUT2D eigenvalue weighted by Crippen LogP contribution is -2.21. The lowest BCUT2D eigenvalue weighted by Gasteiger charge is -2.16. The van der Waals surface area contributed by atoms with Crippen molar-refractivity contribution in [2.24, 2.45) is 5.92 Å². The zero-order valence-corrected chi connectivity index (χ0v) is 11.1. The highest BCUT2D eigenvalue weighted by molar-refractivity contribution is 6.33. The molecule has 1 saturated heterocycles. The van der Waals surface area contributed by atoms with Gasteiger partial charge in [0.25, 0.3) is 0 Å². The van der Waals surface area contributed by atoms with Gasteiger partial charge in [-0.15, -0.1) is 12.4 Å². The predicted molar refractivity (Wildman–Crippen MR) is 70.4 cm³/mol. The first-order valence-corrected chi connectivity index (χ1v) is 5.73. The number of carbonyl (C=O) groups is 1. The first kappa shape index (κ1) is 14.6. The minimum absolute atomic E-state index is 0. The average Bonchev–Trinajstić information content (AvgIpc) is 2.70. The second kappa shape index (κ2) is 5.91. The van der Waals surface area contributed by atoms with E-state index in [2.05, 4.69) is 5.32 Å². The van der Waals surface area contributed by atoms with Crippen molar-refractivity contribution in [2.75, 3.05) is 13.1 Å². The zero-order chi connectivity index (χ0) is 11.7. The van der Waals surface area contributed by atoms with Crippen molar-refractivity contribution in [3.05, 3.63) is 33.8 Å². The molecule has 1 aliphatic rings. The van der Waals surface area contributed by atoms with Gasteiger partial charge < -0.3 is 10.4 Å². The molecule has 2 rings (SSSR count). The molecule has 0 aliphatic carbocycles. The van der Waals surface area contributed by atoms with Crippen molar-refractivity contribution in [3.8, 4) is 0 Å².